The van der Waals surface area contributed by atoms with Crippen LogP contribution in [0, 0.1) is 5.82 Å². The molecule has 0 fully saturated rings. The van der Waals surface area contributed by atoms with Gasteiger partial charge in [0.05, 0.1) is 10.6 Å². The Bertz CT molecular complexity index is 792. The van der Waals surface area contributed by atoms with Gasteiger partial charge < -0.3 is 5.73 Å². The number of rotatable bonds is 4. The van der Waals surface area contributed by atoms with E-state index in [0.29, 0.717) is 0 Å². The summed E-state index contributed by atoms with van der Waals surface area (Å²) in [5.41, 5.74) is 4.71. The fourth-order valence-corrected chi connectivity index (χ4v) is 2.90. The Kier molecular flexibility index (Phi) is 4.29. The number of sulfonamides is 1. The van der Waals surface area contributed by atoms with Crippen molar-refractivity contribution >= 4 is 37.5 Å². The first-order valence-electron chi connectivity index (χ1n) is 5.67. The number of carbonyl (C=O) groups excluding carboxylic acids is 1. The first-order valence-corrected chi connectivity index (χ1v) is 7.95. The van der Waals surface area contributed by atoms with Crippen molar-refractivity contribution in [2.45, 2.75) is 4.90 Å². The van der Waals surface area contributed by atoms with Crippen molar-refractivity contribution in [3.8, 4) is 0 Å². The number of hydrogen-bond acceptors (Lipinski definition) is 3. The van der Waals surface area contributed by atoms with Crippen LogP contribution < -0.4 is 10.5 Å². The molecular formula is C13H10BrFN2O3S. The molecular weight excluding hydrogens is 363 g/mol. The minimum atomic E-state index is -3.91. The SMILES string of the molecule is NC(=O)c1ccc(NS(=O)(=O)c2ccc(Br)cc2)c(F)c1. The summed E-state index contributed by atoms with van der Waals surface area (Å²) in [6.07, 6.45) is 0. The minimum absolute atomic E-state index is 0.0101. The molecule has 0 aliphatic rings. The predicted octanol–water partition coefficient (Wildman–Crippen LogP) is 2.49. The monoisotopic (exact) mass is 372 g/mol. The molecule has 0 bridgehead atoms. The number of hydrogen-bond donors (Lipinski definition) is 2. The number of benzene rings is 2. The molecule has 3 N–H and O–H groups in total. The molecule has 0 heterocycles. The normalized spacial score (nSPS) is 11.1. The van der Waals surface area contributed by atoms with Gasteiger partial charge in [-0.05, 0) is 42.5 Å². The van der Waals surface area contributed by atoms with Crippen LogP contribution in [0.4, 0.5) is 10.1 Å². The highest BCUT2D eigenvalue weighted by Gasteiger charge is 2.17. The molecule has 0 radical (unpaired) electrons. The van der Waals surface area contributed by atoms with E-state index in [9.17, 15) is 17.6 Å². The second-order valence-corrected chi connectivity index (χ2v) is 6.72. The fourth-order valence-electron chi connectivity index (χ4n) is 1.57. The summed E-state index contributed by atoms with van der Waals surface area (Å²) in [5.74, 6) is -1.68. The minimum Gasteiger partial charge on any atom is -0.366 e. The molecule has 1 amide bonds. The van der Waals surface area contributed by atoms with E-state index in [1.54, 1.807) is 12.1 Å². The highest BCUT2D eigenvalue weighted by atomic mass is 79.9. The van der Waals surface area contributed by atoms with E-state index in [0.717, 1.165) is 16.6 Å². The maximum atomic E-state index is 13.8. The van der Waals surface area contributed by atoms with Crippen molar-refractivity contribution in [1.82, 2.24) is 0 Å². The fraction of sp³-hybridized carbons (Fsp3) is 0. The lowest BCUT2D eigenvalue weighted by Crippen LogP contribution is -2.15. The third kappa shape index (κ3) is 3.59. The lowest BCUT2D eigenvalue weighted by Gasteiger charge is -2.09. The Morgan fingerprint density at radius 3 is 2.29 bits per heavy atom. The molecule has 0 unspecified atom stereocenters. The molecule has 2 rings (SSSR count). The van der Waals surface area contributed by atoms with Gasteiger partial charge in [-0.3, -0.25) is 9.52 Å². The van der Waals surface area contributed by atoms with E-state index in [4.69, 9.17) is 5.73 Å². The molecule has 0 saturated carbocycles. The van der Waals surface area contributed by atoms with Gasteiger partial charge in [0.25, 0.3) is 10.0 Å². The summed E-state index contributed by atoms with van der Waals surface area (Å²) in [4.78, 5) is 10.9. The number of anilines is 1. The third-order valence-electron chi connectivity index (χ3n) is 2.62. The molecule has 0 aliphatic carbocycles. The molecule has 2 aromatic carbocycles. The van der Waals surface area contributed by atoms with Crippen LogP contribution >= 0.6 is 15.9 Å². The lowest BCUT2D eigenvalue weighted by molar-refractivity contribution is 0.1000. The third-order valence-corrected chi connectivity index (χ3v) is 4.53. The molecule has 0 atom stereocenters. The van der Waals surface area contributed by atoms with Crippen LogP contribution in [0.1, 0.15) is 10.4 Å². The van der Waals surface area contributed by atoms with Crippen molar-refractivity contribution in [3.05, 3.63) is 58.3 Å². The van der Waals surface area contributed by atoms with Crippen LogP contribution in [0.2, 0.25) is 0 Å². The predicted molar refractivity (Wildman–Crippen MR) is 79.9 cm³/mol. The molecule has 0 aromatic heterocycles. The van der Waals surface area contributed by atoms with Crippen molar-refractivity contribution in [2.24, 2.45) is 5.73 Å². The van der Waals surface area contributed by atoms with Gasteiger partial charge in [0.1, 0.15) is 5.82 Å². The van der Waals surface area contributed by atoms with Gasteiger partial charge in [-0.1, -0.05) is 15.9 Å². The first kappa shape index (κ1) is 15.5. The zero-order valence-corrected chi connectivity index (χ0v) is 12.9. The maximum Gasteiger partial charge on any atom is 0.261 e. The number of carbonyl (C=O) groups is 1. The summed E-state index contributed by atoms with van der Waals surface area (Å²) in [6.45, 7) is 0. The van der Waals surface area contributed by atoms with Crippen molar-refractivity contribution in [2.75, 3.05) is 4.72 Å². The van der Waals surface area contributed by atoms with E-state index in [1.165, 1.54) is 18.2 Å². The van der Waals surface area contributed by atoms with E-state index in [2.05, 4.69) is 20.7 Å². The Morgan fingerprint density at radius 1 is 1.14 bits per heavy atom. The van der Waals surface area contributed by atoms with Crippen LogP contribution in [-0.2, 0) is 10.0 Å². The van der Waals surface area contributed by atoms with E-state index in [-0.39, 0.29) is 16.1 Å². The Hall–Kier alpha value is -1.93. The number of halogens is 2. The van der Waals surface area contributed by atoms with Crippen LogP contribution in [0.25, 0.3) is 0 Å². The molecule has 0 aliphatic heterocycles. The second-order valence-electron chi connectivity index (χ2n) is 4.12. The van der Waals surface area contributed by atoms with Crippen molar-refractivity contribution in [1.29, 1.82) is 0 Å². The number of primary amides is 1. The quantitative estimate of drug-likeness (QED) is 0.863. The van der Waals surface area contributed by atoms with Crippen molar-refractivity contribution < 1.29 is 17.6 Å². The highest BCUT2D eigenvalue weighted by molar-refractivity contribution is 9.10. The highest BCUT2D eigenvalue weighted by Crippen LogP contribution is 2.21. The molecule has 21 heavy (non-hydrogen) atoms. The summed E-state index contributed by atoms with van der Waals surface area (Å²) in [6, 6.07) is 9.13. The molecule has 2 aromatic rings. The largest absolute Gasteiger partial charge is 0.366 e. The van der Waals surface area contributed by atoms with Gasteiger partial charge in [0.15, 0.2) is 0 Å². The second kappa shape index (κ2) is 5.82. The standard InChI is InChI=1S/C13H10BrFN2O3S/c14-9-2-4-10(5-3-9)21(19,20)17-12-6-1-8(13(16)18)7-11(12)15/h1-7,17H,(H2,16,18). The molecule has 8 heteroatoms. The summed E-state index contributed by atoms with van der Waals surface area (Å²) in [5, 5.41) is 0. The van der Waals surface area contributed by atoms with Crippen LogP contribution in [0.5, 0.6) is 0 Å². The van der Waals surface area contributed by atoms with Gasteiger partial charge in [0, 0.05) is 10.0 Å². The molecule has 0 spiro atoms. The lowest BCUT2D eigenvalue weighted by atomic mass is 10.2. The summed E-state index contributed by atoms with van der Waals surface area (Å²) < 4.78 is 40.8. The topological polar surface area (TPSA) is 89.3 Å². The Labute approximate surface area is 129 Å². The van der Waals surface area contributed by atoms with E-state index in [1.807, 2.05) is 0 Å². The van der Waals surface area contributed by atoms with Crippen LogP contribution in [0.3, 0.4) is 0 Å². The average molecular weight is 373 g/mol. The van der Waals surface area contributed by atoms with Crippen LogP contribution in [0.15, 0.2) is 51.8 Å². The zero-order chi connectivity index (χ0) is 15.6. The van der Waals surface area contributed by atoms with Gasteiger partial charge in [-0.2, -0.15) is 0 Å². The molecule has 5 nitrogen and oxygen atoms in total. The summed E-state index contributed by atoms with van der Waals surface area (Å²) >= 11 is 3.19. The molecule has 110 valence electrons. The smallest absolute Gasteiger partial charge is 0.261 e. The van der Waals surface area contributed by atoms with E-state index < -0.39 is 21.7 Å². The number of nitrogens with one attached hydrogen (secondary N) is 1. The maximum absolute atomic E-state index is 13.8. The number of amides is 1. The Morgan fingerprint density at radius 2 is 1.76 bits per heavy atom. The average Bonchev–Trinajstić information content (AvgIpc) is 2.41. The van der Waals surface area contributed by atoms with Gasteiger partial charge in [0.2, 0.25) is 5.91 Å². The molecule has 0 saturated heterocycles. The first-order chi connectivity index (χ1) is 9.79. The van der Waals surface area contributed by atoms with Crippen LogP contribution in [-0.4, -0.2) is 14.3 Å². The summed E-state index contributed by atoms with van der Waals surface area (Å²) in [7, 11) is -3.91. The number of nitrogens with two attached hydrogens (primary N) is 1. The van der Waals surface area contributed by atoms with Gasteiger partial charge >= 0.3 is 0 Å². The van der Waals surface area contributed by atoms with Crippen molar-refractivity contribution in [3.63, 3.8) is 0 Å². The zero-order valence-electron chi connectivity index (χ0n) is 10.5. The van der Waals surface area contributed by atoms with Gasteiger partial charge in [-0.25, -0.2) is 12.8 Å². The van der Waals surface area contributed by atoms with E-state index >= 15 is 0 Å². The van der Waals surface area contributed by atoms with Gasteiger partial charge in [-0.15, -0.1) is 0 Å². The Balaban J connectivity index is 2.32.